The van der Waals surface area contributed by atoms with Gasteiger partial charge in [0.1, 0.15) is 5.52 Å². The molecular formula is C26H20F3N7O2. The summed E-state index contributed by atoms with van der Waals surface area (Å²) in [6, 6.07) is 16.2. The quantitative estimate of drug-likeness (QED) is 0.274. The van der Waals surface area contributed by atoms with Crippen molar-refractivity contribution in [1.82, 2.24) is 24.9 Å². The number of anilines is 2. The minimum atomic E-state index is -4.46. The molecule has 2 aromatic carbocycles. The van der Waals surface area contributed by atoms with Crippen LogP contribution in [-0.2, 0) is 6.18 Å². The fraction of sp³-hybridized carbons (Fsp3) is 0.115. The number of para-hydroxylation sites is 1. The number of nitrogens with two attached hydrogens (primary N) is 1. The van der Waals surface area contributed by atoms with Crippen molar-refractivity contribution in [2.75, 3.05) is 11.1 Å². The Morgan fingerprint density at radius 1 is 1.00 bits per heavy atom. The number of aromatic amines is 1. The molecule has 0 saturated carbocycles. The van der Waals surface area contributed by atoms with Gasteiger partial charge in [0.15, 0.2) is 11.6 Å². The minimum absolute atomic E-state index is 0.0877. The van der Waals surface area contributed by atoms with E-state index in [9.17, 15) is 18.0 Å². The zero-order valence-electron chi connectivity index (χ0n) is 19.8. The molecule has 1 atom stereocenters. The summed E-state index contributed by atoms with van der Waals surface area (Å²) in [5.74, 6) is 0.279. The number of nitrogen functional groups attached to an aromatic ring is 1. The van der Waals surface area contributed by atoms with Gasteiger partial charge in [0.05, 0.1) is 28.5 Å². The van der Waals surface area contributed by atoms with Gasteiger partial charge in [0, 0.05) is 17.8 Å². The number of nitrogens with zero attached hydrogens (tertiary/aromatic N) is 4. The molecular weight excluding hydrogens is 499 g/mol. The number of aromatic nitrogens is 5. The summed E-state index contributed by atoms with van der Waals surface area (Å²) in [6.45, 7) is 1.87. The topological polar surface area (TPSA) is 132 Å². The first-order chi connectivity index (χ1) is 18.2. The molecule has 4 N–H and O–H groups in total. The zero-order valence-corrected chi connectivity index (χ0v) is 19.8. The zero-order chi connectivity index (χ0) is 26.9. The average Bonchev–Trinajstić information content (AvgIpc) is 2.90. The number of nitrogens with one attached hydrogen (secondary N) is 2. The molecule has 3 heterocycles. The predicted octanol–water partition coefficient (Wildman–Crippen LogP) is 5.34. The van der Waals surface area contributed by atoms with Crippen molar-refractivity contribution in [2.45, 2.75) is 19.1 Å². The third-order valence-electron chi connectivity index (χ3n) is 5.61. The molecule has 0 aliphatic carbocycles. The molecule has 0 spiro atoms. The first-order valence-corrected chi connectivity index (χ1v) is 11.4. The van der Waals surface area contributed by atoms with Crippen molar-refractivity contribution >= 4 is 22.8 Å². The molecule has 5 aromatic rings. The van der Waals surface area contributed by atoms with Crippen LogP contribution in [0.2, 0.25) is 0 Å². The highest BCUT2D eigenvalue weighted by Gasteiger charge is 2.30. The van der Waals surface area contributed by atoms with E-state index in [1.165, 1.54) is 18.2 Å². The number of halogens is 3. The Morgan fingerprint density at radius 2 is 1.79 bits per heavy atom. The summed E-state index contributed by atoms with van der Waals surface area (Å²) in [4.78, 5) is 31.9. The van der Waals surface area contributed by atoms with Crippen molar-refractivity contribution < 1.29 is 17.9 Å². The Labute approximate surface area is 213 Å². The third kappa shape index (κ3) is 5.24. The maximum atomic E-state index is 13.1. The highest BCUT2D eigenvalue weighted by atomic mass is 19.4. The van der Waals surface area contributed by atoms with Gasteiger partial charge >= 0.3 is 6.18 Å². The number of hydrogen-bond donors (Lipinski definition) is 3. The van der Waals surface area contributed by atoms with E-state index in [1.807, 2.05) is 19.1 Å². The molecule has 0 aliphatic heterocycles. The Bertz CT molecular complexity index is 1660. The fourth-order valence-corrected chi connectivity index (χ4v) is 3.71. The summed E-state index contributed by atoms with van der Waals surface area (Å²) >= 11 is 0. The van der Waals surface area contributed by atoms with E-state index in [0.29, 0.717) is 22.3 Å². The first kappa shape index (κ1) is 24.7. The Hall–Kier alpha value is -5.00. The second kappa shape index (κ2) is 9.81. The molecule has 9 nitrogen and oxygen atoms in total. The van der Waals surface area contributed by atoms with Gasteiger partial charge in [0.25, 0.3) is 5.56 Å². The average molecular weight is 519 g/mol. The van der Waals surface area contributed by atoms with Gasteiger partial charge in [-0.2, -0.15) is 18.2 Å². The minimum Gasteiger partial charge on any atom is -0.436 e. The van der Waals surface area contributed by atoms with Gasteiger partial charge in [-0.05, 0) is 43.3 Å². The van der Waals surface area contributed by atoms with Crippen LogP contribution in [0.1, 0.15) is 24.2 Å². The number of alkyl halides is 3. The van der Waals surface area contributed by atoms with Gasteiger partial charge in [-0.15, -0.1) is 0 Å². The van der Waals surface area contributed by atoms with E-state index < -0.39 is 17.3 Å². The lowest BCUT2D eigenvalue weighted by Crippen LogP contribution is -2.14. The van der Waals surface area contributed by atoms with Crippen LogP contribution in [0, 0.1) is 0 Å². The normalized spacial score (nSPS) is 12.3. The molecule has 0 amide bonds. The Morgan fingerprint density at radius 3 is 2.50 bits per heavy atom. The lowest BCUT2D eigenvalue weighted by molar-refractivity contribution is -0.137. The number of benzene rings is 2. The summed E-state index contributed by atoms with van der Waals surface area (Å²) < 4.78 is 45.3. The number of fused-ring (bicyclic) bond motifs is 1. The lowest BCUT2D eigenvalue weighted by atomic mass is 10.1. The van der Waals surface area contributed by atoms with Crippen molar-refractivity contribution in [3.05, 3.63) is 94.5 Å². The number of hydrogen-bond acceptors (Lipinski definition) is 8. The van der Waals surface area contributed by atoms with Gasteiger partial charge in [-0.3, -0.25) is 9.78 Å². The monoisotopic (exact) mass is 519 g/mol. The second-order valence-electron chi connectivity index (χ2n) is 8.32. The van der Waals surface area contributed by atoms with Crippen molar-refractivity contribution in [1.29, 1.82) is 0 Å². The van der Waals surface area contributed by atoms with E-state index in [2.05, 4.69) is 30.2 Å². The molecule has 5 rings (SSSR count). The maximum Gasteiger partial charge on any atom is 0.416 e. The predicted molar refractivity (Wildman–Crippen MR) is 136 cm³/mol. The second-order valence-corrected chi connectivity index (χ2v) is 8.32. The summed E-state index contributed by atoms with van der Waals surface area (Å²) in [5.41, 5.74) is 6.56. The smallest absolute Gasteiger partial charge is 0.416 e. The van der Waals surface area contributed by atoms with E-state index in [1.54, 1.807) is 30.5 Å². The summed E-state index contributed by atoms with van der Waals surface area (Å²) in [6.07, 6.45) is -2.81. The molecule has 0 radical (unpaired) electrons. The summed E-state index contributed by atoms with van der Waals surface area (Å²) in [5, 5.41) is 3.16. The summed E-state index contributed by atoms with van der Waals surface area (Å²) in [7, 11) is 0. The van der Waals surface area contributed by atoms with E-state index >= 15 is 0 Å². The van der Waals surface area contributed by atoms with Gasteiger partial charge < -0.3 is 20.8 Å². The number of ether oxygens (including phenoxy) is 1. The maximum absolute atomic E-state index is 13.1. The van der Waals surface area contributed by atoms with Crippen molar-refractivity contribution in [3.8, 4) is 22.9 Å². The third-order valence-corrected chi connectivity index (χ3v) is 5.61. The first-order valence-electron chi connectivity index (χ1n) is 11.4. The van der Waals surface area contributed by atoms with Crippen LogP contribution in [-0.4, -0.2) is 24.9 Å². The van der Waals surface area contributed by atoms with Crippen molar-refractivity contribution in [3.63, 3.8) is 0 Å². The highest BCUT2D eigenvalue weighted by molar-refractivity contribution is 5.82. The van der Waals surface area contributed by atoms with E-state index in [0.717, 1.165) is 17.8 Å². The molecule has 192 valence electrons. The number of rotatable bonds is 6. The molecule has 12 heteroatoms. The van der Waals surface area contributed by atoms with E-state index in [-0.39, 0.29) is 29.4 Å². The van der Waals surface area contributed by atoms with Crippen LogP contribution in [0.25, 0.3) is 22.3 Å². The molecule has 0 bridgehead atoms. The van der Waals surface area contributed by atoms with Gasteiger partial charge in [-0.25, -0.2) is 9.97 Å². The fourth-order valence-electron chi connectivity index (χ4n) is 3.71. The lowest BCUT2D eigenvalue weighted by Gasteiger charge is -2.16. The van der Waals surface area contributed by atoms with Crippen LogP contribution < -0.4 is 21.3 Å². The highest BCUT2D eigenvalue weighted by Crippen LogP contribution is 2.33. The molecule has 1 unspecified atom stereocenters. The molecule has 3 aromatic heterocycles. The van der Waals surface area contributed by atoms with Crippen LogP contribution in [0.15, 0.2) is 77.7 Å². The van der Waals surface area contributed by atoms with Crippen LogP contribution in [0.3, 0.4) is 0 Å². The SMILES string of the molecule is CC(Nc1nc(Oc2cccc3[nH]c(=O)c(N)nc23)cc(-c2ccc(C(F)(F)F)cc2)n1)c1ccccn1. The molecule has 38 heavy (non-hydrogen) atoms. The molecule has 0 aliphatic rings. The largest absolute Gasteiger partial charge is 0.436 e. The van der Waals surface area contributed by atoms with Gasteiger partial charge in [0.2, 0.25) is 11.8 Å². The van der Waals surface area contributed by atoms with Crippen LogP contribution in [0.4, 0.5) is 24.9 Å². The van der Waals surface area contributed by atoms with Crippen molar-refractivity contribution in [2.24, 2.45) is 0 Å². The Kier molecular flexibility index (Phi) is 6.37. The standard InChI is InChI=1S/C26H20F3N7O2/c1-14(17-5-2-3-12-31-17)32-25-34-19(15-8-10-16(11-9-15)26(27,28)29)13-21(35-25)38-20-7-4-6-18-22(20)36-23(30)24(37)33-18/h2-14H,1H3,(H2,30,36)(H,33,37)(H,32,34,35). The number of H-pyrrole nitrogens is 1. The van der Waals surface area contributed by atoms with Gasteiger partial charge in [-0.1, -0.05) is 24.3 Å². The van der Waals surface area contributed by atoms with Crippen LogP contribution >= 0.6 is 0 Å². The van der Waals surface area contributed by atoms with Crippen LogP contribution in [0.5, 0.6) is 11.6 Å². The molecule has 0 saturated heterocycles. The molecule has 0 fully saturated rings. The van der Waals surface area contributed by atoms with E-state index in [4.69, 9.17) is 10.5 Å². The number of pyridine rings is 1. The Balaban J connectivity index is 1.56.